The molecule has 0 aromatic rings. The van der Waals surface area contributed by atoms with Crippen LogP contribution in [0.5, 0.6) is 0 Å². The van der Waals surface area contributed by atoms with Crippen molar-refractivity contribution in [1.82, 2.24) is 0 Å². The highest BCUT2D eigenvalue weighted by Gasteiger charge is 2.48. The Bertz CT molecular complexity index is 403. The van der Waals surface area contributed by atoms with E-state index < -0.39 is 32.7 Å². The molecule has 1 atom stereocenters. The van der Waals surface area contributed by atoms with E-state index >= 15 is 0 Å². The van der Waals surface area contributed by atoms with E-state index in [4.69, 9.17) is 10.3 Å². The zero-order valence-electron chi connectivity index (χ0n) is 7.82. The van der Waals surface area contributed by atoms with E-state index in [2.05, 4.69) is 29.0 Å². The van der Waals surface area contributed by atoms with Crippen molar-refractivity contribution in [3.05, 3.63) is 12.7 Å². The van der Waals surface area contributed by atoms with Crippen molar-refractivity contribution in [2.75, 3.05) is 5.75 Å². The van der Waals surface area contributed by atoms with Crippen LogP contribution >= 0.6 is 12.6 Å². The van der Waals surface area contributed by atoms with Crippen molar-refractivity contribution in [3.63, 3.8) is 0 Å². The quantitative estimate of drug-likeness (QED) is 0.188. The van der Waals surface area contributed by atoms with Crippen LogP contribution in [0.25, 0.3) is 0 Å². The van der Waals surface area contributed by atoms with Gasteiger partial charge in [-0.25, -0.2) is 19.4 Å². The monoisotopic (exact) mass is 271 g/mol. The van der Waals surface area contributed by atoms with Gasteiger partial charge in [-0.05, 0) is 0 Å². The zero-order valence-corrected chi connectivity index (χ0v) is 9.53. The standard InChI is InChI=1S/C6H9NO7S2/c1-2-4(8)13-14-5(9)6(7,3-15)16(10,11)12/h2,15H,1,3,7H2,(H,10,11,12). The molecule has 10 heteroatoms. The number of hydrogen-bond donors (Lipinski definition) is 3. The van der Waals surface area contributed by atoms with Crippen LogP contribution in [-0.4, -0.2) is 35.5 Å². The Labute approximate surface area is 96.5 Å². The third kappa shape index (κ3) is 3.20. The molecule has 0 heterocycles. The Balaban J connectivity index is 4.82. The van der Waals surface area contributed by atoms with Crippen LogP contribution in [0.1, 0.15) is 0 Å². The Hall–Kier alpha value is -1.10. The molecule has 92 valence electrons. The second kappa shape index (κ2) is 5.30. The molecule has 0 aliphatic rings. The molecule has 0 aliphatic carbocycles. The van der Waals surface area contributed by atoms with Crippen LogP contribution in [0.2, 0.25) is 0 Å². The fourth-order valence-electron chi connectivity index (χ4n) is 0.435. The highest BCUT2D eigenvalue weighted by molar-refractivity contribution is 7.90. The first-order valence-electron chi connectivity index (χ1n) is 3.61. The Morgan fingerprint density at radius 1 is 1.50 bits per heavy atom. The predicted octanol–water partition coefficient (Wildman–Crippen LogP) is -1.35. The first-order chi connectivity index (χ1) is 7.19. The van der Waals surface area contributed by atoms with Crippen molar-refractivity contribution < 1.29 is 32.3 Å². The molecule has 0 bridgehead atoms. The average Bonchev–Trinajstić information content (AvgIpc) is 2.22. The Morgan fingerprint density at radius 3 is 2.31 bits per heavy atom. The topological polar surface area (TPSA) is 133 Å². The van der Waals surface area contributed by atoms with Crippen LogP contribution in [-0.2, 0) is 29.5 Å². The van der Waals surface area contributed by atoms with Gasteiger partial charge in [-0.3, -0.25) is 4.55 Å². The van der Waals surface area contributed by atoms with Gasteiger partial charge in [0.1, 0.15) is 0 Å². The van der Waals surface area contributed by atoms with Gasteiger partial charge in [0.15, 0.2) is 0 Å². The smallest absolute Gasteiger partial charge is 0.300 e. The largest absolute Gasteiger partial charge is 0.394 e. The van der Waals surface area contributed by atoms with Crippen LogP contribution in [0.3, 0.4) is 0 Å². The molecule has 0 fully saturated rings. The molecule has 3 N–H and O–H groups in total. The molecule has 0 saturated heterocycles. The first kappa shape index (κ1) is 14.9. The van der Waals surface area contributed by atoms with E-state index in [1.54, 1.807) is 0 Å². The van der Waals surface area contributed by atoms with E-state index in [0.29, 0.717) is 6.08 Å². The fraction of sp³-hybridized carbons (Fsp3) is 0.333. The van der Waals surface area contributed by atoms with Gasteiger partial charge in [-0.15, -0.1) is 0 Å². The second-order valence-corrected chi connectivity index (χ2v) is 4.49. The molecular weight excluding hydrogens is 262 g/mol. The van der Waals surface area contributed by atoms with Crippen LogP contribution in [0.4, 0.5) is 0 Å². The van der Waals surface area contributed by atoms with E-state index in [0.717, 1.165) is 0 Å². The molecule has 16 heavy (non-hydrogen) atoms. The van der Waals surface area contributed by atoms with Gasteiger partial charge in [0, 0.05) is 11.8 Å². The number of thiol groups is 1. The van der Waals surface area contributed by atoms with Gasteiger partial charge >= 0.3 is 11.9 Å². The second-order valence-electron chi connectivity index (χ2n) is 2.50. The van der Waals surface area contributed by atoms with E-state index in [-0.39, 0.29) is 0 Å². The normalized spacial score (nSPS) is 14.7. The van der Waals surface area contributed by atoms with Crippen molar-refractivity contribution in [2.24, 2.45) is 5.73 Å². The van der Waals surface area contributed by atoms with Gasteiger partial charge < -0.3 is 5.73 Å². The summed E-state index contributed by atoms with van der Waals surface area (Å²) in [7, 11) is -4.96. The number of carbonyl (C=O) groups excluding carboxylic acids is 2. The fourth-order valence-corrected chi connectivity index (χ4v) is 1.46. The minimum atomic E-state index is -4.96. The van der Waals surface area contributed by atoms with Crippen LogP contribution in [0.15, 0.2) is 12.7 Å². The molecule has 8 nitrogen and oxygen atoms in total. The summed E-state index contributed by atoms with van der Waals surface area (Å²) in [6.07, 6.45) is 0.666. The lowest BCUT2D eigenvalue weighted by atomic mass is 10.4. The van der Waals surface area contributed by atoms with Crippen molar-refractivity contribution >= 4 is 34.7 Å². The van der Waals surface area contributed by atoms with Gasteiger partial charge in [0.05, 0.1) is 0 Å². The lowest BCUT2D eigenvalue weighted by Crippen LogP contribution is -2.57. The summed E-state index contributed by atoms with van der Waals surface area (Å²) < 4.78 is 30.2. The number of hydrogen-bond acceptors (Lipinski definition) is 8. The molecule has 1 unspecified atom stereocenters. The van der Waals surface area contributed by atoms with Crippen LogP contribution in [0, 0.1) is 0 Å². The van der Waals surface area contributed by atoms with Crippen molar-refractivity contribution in [1.29, 1.82) is 0 Å². The molecule has 0 amide bonds. The maximum Gasteiger partial charge on any atom is 0.394 e. The van der Waals surface area contributed by atoms with Gasteiger partial charge in [0.25, 0.3) is 15.0 Å². The summed E-state index contributed by atoms with van der Waals surface area (Å²) in [5.74, 6) is -3.58. The molecular formula is C6H9NO7S2. The van der Waals surface area contributed by atoms with Gasteiger partial charge in [-0.1, -0.05) is 6.58 Å². The van der Waals surface area contributed by atoms with E-state index in [1.165, 1.54) is 0 Å². The highest BCUT2D eigenvalue weighted by Crippen LogP contribution is 2.13. The zero-order chi connectivity index (χ0) is 13.0. The Kier molecular flexibility index (Phi) is 4.93. The average molecular weight is 271 g/mol. The van der Waals surface area contributed by atoms with E-state index in [1.807, 2.05) is 0 Å². The lowest BCUT2D eigenvalue weighted by Gasteiger charge is -2.19. The maximum atomic E-state index is 11.1. The highest BCUT2D eigenvalue weighted by atomic mass is 32.2. The SMILES string of the molecule is C=CC(=O)OOC(=O)C(N)(CS)S(=O)(=O)O. The van der Waals surface area contributed by atoms with Gasteiger partial charge in [0.2, 0.25) is 0 Å². The van der Waals surface area contributed by atoms with Crippen molar-refractivity contribution in [2.45, 2.75) is 4.87 Å². The molecule has 0 aromatic carbocycles. The Morgan fingerprint density at radius 2 is 2.00 bits per heavy atom. The molecule has 0 aromatic heterocycles. The minimum absolute atomic E-state index is 0.666. The molecule has 0 spiro atoms. The summed E-state index contributed by atoms with van der Waals surface area (Å²) in [6.45, 7) is 2.99. The summed E-state index contributed by atoms with van der Waals surface area (Å²) in [6, 6.07) is 0. The van der Waals surface area contributed by atoms with Crippen LogP contribution < -0.4 is 5.73 Å². The minimum Gasteiger partial charge on any atom is -0.300 e. The summed E-state index contributed by atoms with van der Waals surface area (Å²) >= 11 is 3.48. The van der Waals surface area contributed by atoms with E-state index in [9.17, 15) is 18.0 Å². The first-order valence-corrected chi connectivity index (χ1v) is 5.68. The molecule has 0 aliphatic heterocycles. The number of nitrogens with two attached hydrogens (primary N) is 1. The third-order valence-corrected chi connectivity index (χ3v) is 3.35. The summed E-state index contributed by atoms with van der Waals surface area (Å²) in [5.41, 5.74) is 5.04. The third-order valence-electron chi connectivity index (χ3n) is 1.41. The molecule has 0 rings (SSSR count). The predicted molar refractivity (Wildman–Crippen MR) is 54.7 cm³/mol. The van der Waals surface area contributed by atoms with Crippen molar-refractivity contribution in [3.8, 4) is 0 Å². The maximum absolute atomic E-state index is 11.1. The molecule has 0 radical (unpaired) electrons. The number of rotatable bonds is 4. The summed E-state index contributed by atoms with van der Waals surface area (Å²) in [5, 5.41) is 0. The summed E-state index contributed by atoms with van der Waals surface area (Å²) in [4.78, 5) is 26.4. The molecule has 0 saturated carbocycles. The lowest BCUT2D eigenvalue weighted by molar-refractivity contribution is -0.256. The number of carbonyl (C=O) groups is 2. The van der Waals surface area contributed by atoms with Gasteiger partial charge in [-0.2, -0.15) is 21.0 Å².